The maximum atomic E-state index is 13.2. The molecule has 19 heavy (non-hydrogen) atoms. The highest BCUT2D eigenvalue weighted by Gasteiger charge is 2.12. The Morgan fingerprint density at radius 2 is 1.42 bits per heavy atom. The number of aryl methyl sites for hydroxylation is 1. The van der Waals surface area contributed by atoms with Crippen molar-refractivity contribution in [2.75, 3.05) is 0 Å². The van der Waals surface area contributed by atoms with Crippen LogP contribution in [0.25, 0.3) is 0 Å². The largest absolute Gasteiger partial charge is 0.384 e. The minimum absolute atomic E-state index is 0.244. The van der Waals surface area contributed by atoms with Gasteiger partial charge in [0.15, 0.2) is 0 Å². The molecule has 2 rings (SSSR count). The molecule has 0 aliphatic rings. The molecule has 2 aromatic rings. The van der Waals surface area contributed by atoms with Crippen LogP contribution in [-0.2, 0) is 0 Å². The molecule has 1 atom stereocenters. The van der Waals surface area contributed by atoms with Gasteiger partial charge in [0, 0.05) is 0 Å². The maximum Gasteiger partial charge on any atom is 0.126 e. The van der Waals surface area contributed by atoms with Crippen molar-refractivity contribution in [3.05, 3.63) is 70.5 Å². The highest BCUT2D eigenvalue weighted by Crippen LogP contribution is 2.25. The van der Waals surface area contributed by atoms with Crippen molar-refractivity contribution in [3.8, 4) is 0 Å². The van der Waals surface area contributed by atoms with Crippen LogP contribution in [0.4, 0.5) is 4.39 Å². The minimum atomic E-state index is -0.708. The Morgan fingerprint density at radius 1 is 0.895 bits per heavy atom. The van der Waals surface area contributed by atoms with Crippen LogP contribution in [0, 0.1) is 12.7 Å². The van der Waals surface area contributed by atoms with Gasteiger partial charge in [-0.05, 0) is 41.2 Å². The maximum absolute atomic E-state index is 13.2. The lowest BCUT2D eigenvalue weighted by Gasteiger charge is -2.14. The number of halogens is 1. The lowest BCUT2D eigenvalue weighted by molar-refractivity contribution is 0.220. The Labute approximate surface area is 113 Å². The first-order chi connectivity index (χ1) is 8.99. The molecule has 0 spiro atoms. The van der Waals surface area contributed by atoms with Gasteiger partial charge in [-0.25, -0.2) is 4.39 Å². The smallest absolute Gasteiger partial charge is 0.126 e. The second kappa shape index (κ2) is 5.54. The first-order valence-corrected chi connectivity index (χ1v) is 6.53. The normalized spacial score (nSPS) is 12.7. The highest BCUT2D eigenvalue weighted by molar-refractivity contribution is 5.34. The van der Waals surface area contributed by atoms with Crippen molar-refractivity contribution in [1.82, 2.24) is 0 Å². The van der Waals surface area contributed by atoms with Crippen LogP contribution in [0.3, 0.4) is 0 Å². The summed E-state index contributed by atoms with van der Waals surface area (Å²) in [5.41, 5.74) is 3.34. The molecule has 1 N–H and O–H groups in total. The summed E-state index contributed by atoms with van der Waals surface area (Å²) in [6, 6.07) is 12.6. The molecule has 2 aromatic carbocycles. The summed E-state index contributed by atoms with van der Waals surface area (Å²) in [4.78, 5) is 0. The Hall–Kier alpha value is -1.67. The van der Waals surface area contributed by atoms with Crippen LogP contribution < -0.4 is 0 Å². The predicted octanol–water partition coefficient (Wildman–Crippen LogP) is 4.34. The van der Waals surface area contributed by atoms with E-state index in [9.17, 15) is 9.50 Å². The van der Waals surface area contributed by atoms with Gasteiger partial charge in [0.05, 0.1) is 0 Å². The Balaban J connectivity index is 2.27. The van der Waals surface area contributed by atoms with Gasteiger partial charge in [-0.3, -0.25) is 0 Å². The molecule has 100 valence electrons. The average Bonchev–Trinajstić information content (AvgIpc) is 2.41. The van der Waals surface area contributed by atoms with Crippen LogP contribution in [-0.4, -0.2) is 5.11 Å². The van der Waals surface area contributed by atoms with Gasteiger partial charge in [-0.2, -0.15) is 0 Å². The van der Waals surface area contributed by atoms with Crippen molar-refractivity contribution in [3.63, 3.8) is 0 Å². The minimum Gasteiger partial charge on any atom is -0.384 e. The van der Waals surface area contributed by atoms with Gasteiger partial charge in [-0.15, -0.1) is 0 Å². The van der Waals surface area contributed by atoms with E-state index in [1.807, 2.05) is 24.3 Å². The molecule has 0 heterocycles. The molecular formula is C17H19FO. The number of hydrogen-bond donors (Lipinski definition) is 1. The van der Waals surface area contributed by atoms with E-state index in [4.69, 9.17) is 0 Å². The number of benzene rings is 2. The second-order valence-electron chi connectivity index (χ2n) is 5.23. The summed E-state index contributed by atoms with van der Waals surface area (Å²) in [5.74, 6) is 0.227. The van der Waals surface area contributed by atoms with Crippen LogP contribution in [0.15, 0.2) is 42.5 Å². The monoisotopic (exact) mass is 258 g/mol. The zero-order valence-corrected chi connectivity index (χ0v) is 11.5. The van der Waals surface area contributed by atoms with Gasteiger partial charge in [-0.1, -0.05) is 50.2 Å². The Bertz CT molecular complexity index is 558. The molecule has 0 radical (unpaired) electrons. The van der Waals surface area contributed by atoms with Crippen molar-refractivity contribution in [1.29, 1.82) is 0 Å². The van der Waals surface area contributed by atoms with E-state index in [0.717, 1.165) is 11.1 Å². The summed E-state index contributed by atoms with van der Waals surface area (Å²) in [7, 11) is 0. The van der Waals surface area contributed by atoms with E-state index in [-0.39, 0.29) is 5.82 Å². The number of hydrogen-bond acceptors (Lipinski definition) is 1. The molecular weight excluding hydrogens is 239 g/mol. The van der Waals surface area contributed by atoms with Crippen LogP contribution in [0.5, 0.6) is 0 Å². The van der Waals surface area contributed by atoms with Crippen LogP contribution in [0.1, 0.15) is 48.1 Å². The average molecular weight is 258 g/mol. The van der Waals surface area contributed by atoms with Gasteiger partial charge >= 0.3 is 0 Å². The molecule has 0 amide bonds. The van der Waals surface area contributed by atoms with Gasteiger partial charge in [0.2, 0.25) is 0 Å². The van der Waals surface area contributed by atoms with E-state index in [0.29, 0.717) is 11.5 Å². The highest BCUT2D eigenvalue weighted by atomic mass is 19.1. The number of aliphatic hydroxyl groups excluding tert-OH is 1. The second-order valence-corrected chi connectivity index (χ2v) is 5.23. The summed E-state index contributed by atoms with van der Waals surface area (Å²) in [5, 5.41) is 10.3. The molecule has 0 aromatic heterocycles. The zero-order chi connectivity index (χ0) is 14.0. The summed E-state index contributed by atoms with van der Waals surface area (Å²) < 4.78 is 13.2. The summed E-state index contributed by atoms with van der Waals surface area (Å²) >= 11 is 0. The van der Waals surface area contributed by atoms with Crippen LogP contribution in [0.2, 0.25) is 0 Å². The third-order valence-electron chi connectivity index (χ3n) is 3.42. The fourth-order valence-corrected chi connectivity index (χ4v) is 2.09. The van der Waals surface area contributed by atoms with Crippen molar-refractivity contribution < 1.29 is 9.50 Å². The van der Waals surface area contributed by atoms with Crippen molar-refractivity contribution >= 4 is 0 Å². The number of aliphatic hydroxyl groups is 1. The SMILES string of the molecule is Cc1cc(C(O)c2ccc(C(C)C)cc2)ccc1F. The standard InChI is InChI=1S/C17H19FO/c1-11(2)13-4-6-14(7-5-13)17(19)15-8-9-16(18)12(3)10-15/h4-11,17,19H,1-3H3. The van der Waals surface area contributed by atoms with E-state index >= 15 is 0 Å². The van der Waals surface area contributed by atoms with E-state index in [1.54, 1.807) is 19.1 Å². The third-order valence-corrected chi connectivity index (χ3v) is 3.42. The molecule has 0 aliphatic carbocycles. The third kappa shape index (κ3) is 3.02. The molecule has 0 fully saturated rings. The van der Waals surface area contributed by atoms with Gasteiger partial charge in [0.1, 0.15) is 11.9 Å². The molecule has 2 heteroatoms. The van der Waals surface area contributed by atoms with Crippen molar-refractivity contribution in [2.45, 2.75) is 32.8 Å². The first kappa shape index (κ1) is 13.8. The lowest BCUT2D eigenvalue weighted by Crippen LogP contribution is -2.01. The van der Waals surface area contributed by atoms with Crippen LogP contribution >= 0.6 is 0 Å². The first-order valence-electron chi connectivity index (χ1n) is 6.53. The Morgan fingerprint density at radius 3 is 1.95 bits per heavy atom. The van der Waals surface area contributed by atoms with Gasteiger partial charge in [0.25, 0.3) is 0 Å². The molecule has 1 unspecified atom stereocenters. The van der Waals surface area contributed by atoms with E-state index in [2.05, 4.69) is 13.8 Å². The van der Waals surface area contributed by atoms with Crippen molar-refractivity contribution in [2.24, 2.45) is 0 Å². The fraction of sp³-hybridized carbons (Fsp3) is 0.294. The molecule has 0 saturated carbocycles. The fourth-order valence-electron chi connectivity index (χ4n) is 2.09. The van der Waals surface area contributed by atoms with Gasteiger partial charge < -0.3 is 5.11 Å². The van der Waals surface area contributed by atoms with E-state index in [1.165, 1.54) is 11.6 Å². The molecule has 1 nitrogen and oxygen atoms in total. The summed E-state index contributed by atoms with van der Waals surface area (Å²) in [6.45, 7) is 5.97. The zero-order valence-electron chi connectivity index (χ0n) is 11.5. The molecule has 0 aliphatic heterocycles. The lowest BCUT2D eigenvalue weighted by atomic mass is 9.96. The molecule has 0 saturated heterocycles. The quantitative estimate of drug-likeness (QED) is 0.868. The summed E-state index contributed by atoms with van der Waals surface area (Å²) in [6.07, 6.45) is -0.708. The molecule has 0 bridgehead atoms. The predicted molar refractivity (Wildman–Crippen MR) is 75.7 cm³/mol. The number of rotatable bonds is 3. The topological polar surface area (TPSA) is 20.2 Å². The Kier molecular flexibility index (Phi) is 4.01. The van der Waals surface area contributed by atoms with E-state index < -0.39 is 6.10 Å².